The molecule has 0 aliphatic heterocycles. The van der Waals surface area contributed by atoms with E-state index in [9.17, 15) is 9.59 Å². The zero-order chi connectivity index (χ0) is 18.2. The van der Waals surface area contributed by atoms with E-state index in [0.29, 0.717) is 22.0 Å². The predicted molar refractivity (Wildman–Crippen MR) is 97.2 cm³/mol. The van der Waals surface area contributed by atoms with Gasteiger partial charge in [-0.15, -0.1) is 0 Å². The maximum atomic E-state index is 12.2. The number of hydrogen-bond donors (Lipinski definition) is 1. The van der Waals surface area contributed by atoms with Crippen LogP contribution in [0.2, 0.25) is 5.02 Å². The van der Waals surface area contributed by atoms with Gasteiger partial charge in [0, 0.05) is 5.56 Å². The number of halogens is 1. The number of rotatable bonds is 7. The summed E-state index contributed by atoms with van der Waals surface area (Å²) in [4.78, 5) is 23.8. The molecular weight excluding hydrogens is 342 g/mol. The summed E-state index contributed by atoms with van der Waals surface area (Å²) < 4.78 is 10.5. The molecule has 5 nitrogen and oxygen atoms in total. The van der Waals surface area contributed by atoms with E-state index in [4.69, 9.17) is 21.1 Å². The minimum absolute atomic E-state index is 0.132. The first-order valence-electron chi connectivity index (χ1n) is 7.97. The van der Waals surface area contributed by atoms with Crippen LogP contribution in [0.25, 0.3) is 0 Å². The van der Waals surface area contributed by atoms with Crippen molar-refractivity contribution >= 4 is 29.2 Å². The molecule has 1 N–H and O–H groups in total. The van der Waals surface area contributed by atoms with Gasteiger partial charge in [-0.25, -0.2) is 4.79 Å². The Morgan fingerprint density at radius 1 is 1.12 bits per heavy atom. The zero-order valence-corrected chi connectivity index (χ0v) is 14.9. The van der Waals surface area contributed by atoms with Gasteiger partial charge in [0.25, 0.3) is 5.91 Å². The van der Waals surface area contributed by atoms with Crippen LogP contribution in [0.1, 0.15) is 30.6 Å². The number of para-hydroxylation sites is 1. The highest BCUT2D eigenvalue weighted by Crippen LogP contribution is 2.21. The molecule has 0 aromatic heterocycles. The number of carbonyl (C=O) groups is 2. The number of anilines is 1. The minimum Gasteiger partial charge on any atom is -0.482 e. The molecule has 0 saturated carbocycles. The van der Waals surface area contributed by atoms with Crippen molar-refractivity contribution in [2.45, 2.75) is 26.4 Å². The summed E-state index contributed by atoms with van der Waals surface area (Å²) in [5, 5.41) is 3.21. The maximum Gasteiger partial charge on any atom is 0.344 e. The van der Waals surface area contributed by atoms with Crippen LogP contribution in [0.3, 0.4) is 0 Å². The summed E-state index contributed by atoms with van der Waals surface area (Å²) >= 11 is 6.02. The lowest BCUT2D eigenvalue weighted by Crippen LogP contribution is -2.20. The average Bonchev–Trinajstić information content (AvgIpc) is 2.62. The second-order valence-electron chi connectivity index (χ2n) is 5.46. The van der Waals surface area contributed by atoms with Crippen molar-refractivity contribution in [1.29, 1.82) is 0 Å². The fraction of sp³-hybridized carbons (Fsp3) is 0.263. The zero-order valence-electron chi connectivity index (χ0n) is 14.1. The van der Waals surface area contributed by atoms with Crippen LogP contribution in [-0.4, -0.2) is 24.6 Å². The normalized spacial score (nSPS) is 11.5. The van der Waals surface area contributed by atoms with Crippen LogP contribution in [0, 0.1) is 0 Å². The molecule has 6 heteroatoms. The molecule has 0 radical (unpaired) electrons. The molecule has 0 bridgehead atoms. The molecule has 2 aromatic rings. The Kier molecular flexibility index (Phi) is 6.83. The molecule has 0 spiro atoms. The Morgan fingerprint density at radius 2 is 1.80 bits per heavy atom. The SMILES string of the molecule is CCC(C)OC(=O)COc1ccc(C(=O)Nc2ccccc2Cl)cc1. The van der Waals surface area contributed by atoms with E-state index in [2.05, 4.69) is 5.32 Å². The van der Waals surface area contributed by atoms with Gasteiger partial charge >= 0.3 is 5.97 Å². The van der Waals surface area contributed by atoms with Crippen molar-refractivity contribution in [1.82, 2.24) is 0 Å². The highest BCUT2D eigenvalue weighted by atomic mass is 35.5. The molecule has 2 rings (SSSR count). The fourth-order valence-electron chi connectivity index (χ4n) is 1.94. The molecule has 0 aliphatic carbocycles. The standard InChI is InChI=1S/C19H20ClNO4/c1-3-13(2)25-18(22)12-24-15-10-8-14(9-11-15)19(23)21-17-7-5-4-6-16(17)20/h4-11,13H,3,12H2,1-2H3,(H,21,23). The number of nitrogens with one attached hydrogen (secondary N) is 1. The van der Waals surface area contributed by atoms with E-state index in [1.165, 1.54) is 0 Å². The smallest absolute Gasteiger partial charge is 0.344 e. The van der Waals surface area contributed by atoms with Crippen LogP contribution < -0.4 is 10.1 Å². The second-order valence-corrected chi connectivity index (χ2v) is 5.86. The Hall–Kier alpha value is -2.53. The summed E-state index contributed by atoms with van der Waals surface area (Å²) in [5.74, 6) is -0.221. The largest absolute Gasteiger partial charge is 0.482 e. The Balaban J connectivity index is 1.90. The molecule has 0 fully saturated rings. The fourth-order valence-corrected chi connectivity index (χ4v) is 2.13. The van der Waals surface area contributed by atoms with Gasteiger partial charge in [0.1, 0.15) is 5.75 Å². The molecule has 132 valence electrons. The van der Waals surface area contributed by atoms with E-state index in [0.717, 1.165) is 6.42 Å². The van der Waals surface area contributed by atoms with Crippen molar-refractivity contribution in [2.75, 3.05) is 11.9 Å². The number of ether oxygens (including phenoxy) is 2. The van der Waals surface area contributed by atoms with E-state index >= 15 is 0 Å². The number of benzene rings is 2. The first-order chi connectivity index (χ1) is 12.0. The van der Waals surface area contributed by atoms with Crippen LogP contribution >= 0.6 is 11.6 Å². The van der Waals surface area contributed by atoms with E-state index < -0.39 is 5.97 Å². The summed E-state index contributed by atoms with van der Waals surface area (Å²) in [6.07, 6.45) is 0.619. The van der Waals surface area contributed by atoms with Crippen molar-refractivity contribution in [2.24, 2.45) is 0 Å². The Bertz CT molecular complexity index is 730. The number of hydrogen-bond acceptors (Lipinski definition) is 4. The molecule has 0 saturated heterocycles. The lowest BCUT2D eigenvalue weighted by atomic mass is 10.2. The summed E-state index contributed by atoms with van der Waals surface area (Å²) in [6, 6.07) is 13.5. The molecule has 0 aliphatic rings. The first-order valence-corrected chi connectivity index (χ1v) is 8.35. The topological polar surface area (TPSA) is 64.6 Å². The van der Waals surface area contributed by atoms with Gasteiger partial charge in [0.15, 0.2) is 6.61 Å². The van der Waals surface area contributed by atoms with Gasteiger partial charge in [-0.1, -0.05) is 30.7 Å². The van der Waals surface area contributed by atoms with Gasteiger partial charge in [-0.2, -0.15) is 0 Å². The summed E-state index contributed by atoms with van der Waals surface area (Å²) in [5.41, 5.74) is 0.997. The summed E-state index contributed by atoms with van der Waals surface area (Å²) in [6.45, 7) is 3.59. The molecule has 1 unspecified atom stereocenters. The van der Waals surface area contributed by atoms with Crippen molar-refractivity contribution < 1.29 is 19.1 Å². The van der Waals surface area contributed by atoms with Crippen LogP contribution in [0.15, 0.2) is 48.5 Å². The molecule has 1 atom stereocenters. The maximum absolute atomic E-state index is 12.2. The Morgan fingerprint density at radius 3 is 2.44 bits per heavy atom. The van der Waals surface area contributed by atoms with Crippen LogP contribution in [0.4, 0.5) is 5.69 Å². The van der Waals surface area contributed by atoms with Gasteiger partial charge in [0.05, 0.1) is 16.8 Å². The van der Waals surface area contributed by atoms with Gasteiger partial charge in [-0.05, 0) is 49.7 Å². The second kappa shape index (κ2) is 9.08. The van der Waals surface area contributed by atoms with Crippen molar-refractivity contribution in [3.8, 4) is 5.75 Å². The van der Waals surface area contributed by atoms with E-state index in [-0.39, 0.29) is 18.6 Å². The molecule has 1 amide bonds. The highest BCUT2D eigenvalue weighted by Gasteiger charge is 2.10. The molecular formula is C19H20ClNO4. The Labute approximate surface area is 151 Å². The molecule has 25 heavy (non-hydrogen) atoms. The third-order valence-electron chi connectivity index (χ3n) is 3.50. The highest BCUT2D eigenvalue weighted by molar-refractivity contribution is 6.33. The third kappa shape index (κ3) is 5.80. The number of carbonyl (C=O) groups excluding carboxylic acids is 2. The van der Waals surface area contributed by atoms with Gasteiger partial charge < -0.3 is 14.8 Å². The monoisotopic (exact) mass is 361 g/mol. The third-order valence-corrected chi connectivity index (χ3v) is 3.83. The number of esters is 1. The minimum atomic E-state index is -0.421. The summed E-state index contributed by atoms with van der Waals surface area (Å²) in [7, 11) is 0. The average molecular weight is 362 g/mol. The molecule has 0 heterocycles. The molecule has 2 aromatic carbocycles. The quantitative estimate of drug-likeness (QED) is 0.746. The van der Waals surface area contributed by atoms with Gasteiger partial charge in [-0.3, -0.25) is 4.79 Å². The first kappa shape index (κ1) is 18.8. The predicted octanol–water partition coefficient (Wildman–Crippen LogP) is 4.31. The van der Waals surface area contributed by atoms with Gasteiger partial charge in [0.2, 0.25) is 0 Å². The lowest BCUT2D eigenvalue weighted by molar-refractivity contribution is -0.150. The van der Waals surface area contributed by atoms with Crippen LogP contribution in [-0.2, 0) is 9.53 Å². The van der Waals surface area contributed by atoms with E-state index in [1.807, 2.05) is 13.8 Å². The van der Waals surface area contributed by atoms with Crippen LogP contribution in [0.5, 0.6) is 5.75 Å². The lowest BCUT2D eigenvalue weighted by Gasteiger charge is -2.12. The number of amides is 1. The van der Waals surface area contributed by atoms with Crippen molar-refractivity contribution in [3.63, 3.8) is 0 Å². The van der Waals surface area contributed by atoms with Crippen molar-refractivity contribution in [3.05, 3.63) is 59.1 Å². The van der Waals surface area contributed by atoms with E-state index in [1.54, 1.807) is 48.5 Å².